The number of halogens is 5. The van der Waals surface area contributed by atoms with Crippen molar-refractivity contribution in [1.82, 2.24) is 4.98 Å². The Balaban J connectivity index is 4.08. The number of aromatic carboxylic acids is 1. The third-order valence-corrected chi connectivity index (χ3v) is 3.54. The first-order valence-corrected chi connectivity index (χ1v) is 7.30. The van der Waals surface area contributed by atoms with Gasteiger partial charge in [-0.05, 0) is 24.8 Å². The van der Waals surface area contributed by atoms with Crippen molar-refractivity contribution < 1.29 is 41.4 Å². The van der Waals surface area contributed by atoms with Gasteiger partial charge in [0.2, 0.25) is 0 Å². The molecule has 5 nitrogen and oxygen atoms in total. The van der Waals surface area contributed by atoms with E-state index in [1.54, 1.807) is 0 Å². The summed E-state index contributed by atoms with van der Waals surface area (Å²) < 4.78 is 70.9. The fourth-order valence-corrected chi connectivity index (χ4v) is 2.32. The van der Waals surface area contributed by atoms with Crippen molar-refractivity contribution in [2.45, 2.75) is 45.7 Å². The molecule has 1 aromatic rings. The number of nitrogens with zero attached hydrogens (tertiary/aromatic N) is 1. The lowest BCUT2D eigenvalue weighted by Crippen LogP contribution is -2.25. The molecular formula is C15H16F5NO4. The zero-order valence-electron chi connectivity index (χ0n) is 13.6. The van der Waals surface area contributed by atoms with E-state index in [9.17, 15) is 36.6 Å². The molecule has 0 bridgehead atoms. The maximum absolute atomic E-state index is 13.3. The topological polar surface area (TPSA) is 76.5 Å². The number of aromatic nitrogens is 1. The van der Waals surface area contributed by atoms with E-state index in [4.69, 9.17) is 0 Å². The van der Waals surface area contributed by atoms with Gasteiger partial charge in [-0.25, -0.2) is 23.4 Å². The van der Waals surface area contributed by atoms with Gasteiger partial charge in [0.1, 0.15) is 5.69 Å². The third kappa shape index (κ3) is 4.23. The molecule has 0 amide bonds. The van der Waals surface area contributed by atoms with E-state index >= 15 is 0 Å². The number of carboxylic acid groups (broad SMARTS) is 1. The summed E-state index contributed by atoms with van der Waals surface area (Å²) in [6.07, 6.45) is -8.70. The van der Waals surface area contributed by atoms with E-state index in [-0.39, 0.29) is 13.0 Å². The molecule has 10 heteroatoms. The summed E-state index contributed by atoms with van der Waals surface area (Å²) >= 11 is 0. The fraction of sp³-hybridized carbons (Fsp3) is 0.533. The van der Waals surface area contributed by atoms with E-state index in [0.717, 1.165) is 0 Å². The summed E-state index contributed by atoms with van der Waals surface area (Å²) in [5, 5.41) is 9.26. The number of carbonyl (C=O) groups is 2. The van der Waals surface area contributed by atoms with Crippen LogP contribution in [0.1, 0.15) is 77.2 Å². The highest BCUT2D eigenvalue weighted by Gasteiger charge is 2.43. The largest absolute Gasteiger partial charge is 0.478 e. The molecule has 0 saturated carbocycles. The summed E-state index contributed by atoms with van der Waals surface area (Å²) in [5.74, 6) is -4.27. The van der Waals surface area contributed by atoms with Crippen molar-refractivity contribution in [3.63, 3.8) is 0 Å². The normalized spacial score (nSPS) is 13.0. The van der Waals surface area contributed by atoms with Crippen LogP contribution in [0, 0.1) is 0 Å². The Kier molecular flexibility index (Phi) is 6.44. The van der Waals surface area contributed by atoms with E-state index in [2.05, 4.69) is 9.72 Å². The van der Waals surface area contributed by atoms with Gasteiger partial charge < -0.3 is 9.84 Å². The minimum Gasteiger partial charge on any atom is -0.478 e. The number of hydrogen-bond donors (Lipinski definition) is 1. The van der Waals surface area contributed by atoms with Crippen molar-refractivity contribution in [3.05, 3.63) is 28.1 Å². The van der Waals surface area contributed by atoms with Crippen molar-refractivity contribution in [2.75, 3.05) is 6.61 Å². The molecule has 1 N–H and O–H groups in total. The number of pyridine rings is 1. The van der Waals surface area contributed by atoms with Gasteiger partial charge in [0.15, 0.2) is 5.69 Å². The standard InChI is InChI=1S/C15H16F5NO4/c1-4-6(3)7-8(13(22)23)10(12(16)17)21-11(15(18,19)20)9(7)14(24)25-5-2/h6,12H,4-5H2,1-3H3,(H,22,23). The summed E-state index contributed by atoms with van der Waals surface area (Å²) in [7, 11) is 0. The van der Waals surface area contributed by atoms with E-state index < -0.39 is 58.5 Å². The molecule has 1 unspecified atom stereocenters. The maximum atomic E-state index is 13.3. The van der Waals surface area contributed by atoms with Gasteiger partial charge >= 0.3 is 18.1 Å². The Bertz CT molecular complexity index is 673. The molecule has 0 aliphatic carbocycles. The number of alkyl halides is 5. The van der Waals surface area contributed by atoms with Crippen LogP contribution in [0.15, 0.2) is 0 Å². The molecule has 140 valence electrons. The van der Waals surface area contributed by atoms with Crippen LogP contribution in [0.2, 0.25) is 0 Å². The fourth-order valence-electron chi connectivity index (χ4n) is 2.32. The lowest BCUT2D eigenvalue weighted by Gasteiger charge is -2.22. The highest BCUT2D eigenvalue weighted by atomic mass is 19.4. The number of ether oxygens (including phenoxy) is 1. The van der Waals surface area contributed by atoms with Crippen LogP contribution >= 0.6 is 0 Å². The first-order chi connectivity index (χ1) is 11.5. The molecule has 0 aliphatic heterocycles. The molecule has 0 radical (unpaired) electrons. The number of carbonyl (C=O) groups excluding carboxylic acids is 1. The number of carboxylic acids is 1. The molecule has 0 aliphatic rings. The van der Waals surface area contributed by atoms with E-state index in [1.807, 2.05) is 0 Å². The SMILES string of the molecule is CCOC(=O)c1c(C(F)(F)F)nc(C(F)F)c(C(=O)O)c1C(C)CC. The van der Waals surface area contributed by atoms with Crippen LogP contribution in [-0.2, 0) is 10.9 Å². The second kappa shape index (κ2) is 7.75. The van der Waals surface area contributed by atoms with Crippen LogP contribution in [0.3, 0.4) is 0 Å². The molecular weight excluding hydrogens is 353 g/mol. The van der Waals surface area contributed by atoms with Gasteiger partial charge in [-0.15, -0.1) is 0 Å². The lowest BCUT2D eigenvalue weighted by molar-refractivity contribution is -0.142. The Hall–Kier alpha value is -2.26. The highest BCUT2D eigenvalue weighted by molar-refractivity contribution is 5.99. The first kappa shape index (κ1) is 20.8. The predicted octanol–water partition coefficient (Wildman–Crippen LogP) is 4.43. The highest BCUT2D eigenvalue weighted by Crippen LogP contribution is 2.40. The molecule has 0 spiro atoms. The molecule has 1 rings (SSSR count). The Morgan fingerprint density at radius 3 is 2.12 bits per heavy atom. The zero-order valence-corrected chi connectivity index (χ0v) is 13.6. The summed E-state index contributed by atoms with van der Waals surface area (Å²) in [4.78, 5) is 26.3. The van der Waals surface area contributed by atoms with Gasteiger partial charge in [0, 0.05) is 0 Å². The van der Waals surface area contributed by atoms with E-state index in [0.29, 0.717) is 0 Å². The molecule has 0 fully saturated rings. The van der Waals surface area contributed by atoms with Gasteiger partial charge in [0.05, 0.1) is 17.7 Å². The van der Waals surface area contributed by atoms with Gasteiger partial charge in [-0.3, -0.25) is 0 Å². The molecule has 25 heavy (non-hydrogen) atoms. The van der Waals surface area contributed by atoms with Crippen LogP contribution in [0.5, 0.6) is 0 Å². The van der Waals surface area contributed by atoms with Crippen LogP contribution in [-0.4, -0.2) is 28.6 Å². The summed E-state index contributed by atoms with van der Waals surface area (Å²) in [6, 6.07) is 0. The smallest absolute Gasteiger partial charge is 0.434 e. The molecule has 0 aromatic carbocycles. The predicted molar refractivity (Wildman–Crippen MR) is 75.8 cm³/mol. The third-order valence-electron chi connectivity index (χ3n) is 3.54. The second-order valence-corrected chi connectivity index (χ2v) is 5.14. The van der Waals surface area contributed by atoms with Crippen molar-refractivity contribution >= 4 is 11.9 Å². The molecule has 1 heterocycles. The average Bonchev–Trinajstić information content (AvgIpc) is 2.50. The Labute approximate surface area is 139 Å². The number of rotatable bonds is 6. The minimum atomic E-state index is -5.25. The molecule has 0 saturated heterocycles. The first-order valence-electron chi connectivity index (χ1n) is 7.30. The van der Waals surface area contributed by atoms with Gasteiger partial charge in [0.25, 0.3) is 6.43 Å². The summed E-state index contributed by atoms with van der Waals surface area (Å²) in [6.45, 7) is 3.91. The van der Waals surface area contributed by atoms with E-state index in [1.165, 1.54) is 20.8 Å². The second-order valence-electron chi connectivity index (χ2n) is 5.14. The average molecular weight is 369 g/mol. The number of hydrogen-bond acceptors (Lipinski definition) is 4. The maximum Gasteiger partial charge on any atom is 0.434 e. The lowest BCUT2D eigenvalue weighted by atomic mass is 9.87. The van der Waals surface area contributed by atoms with Crippen LogP contribution < -0.4 is 0 Å². The zero-order chi connectivity index (χ0) is 19.5. The quantitative estimate of drug-likeness (QED) is 0.593. The monoisotopic (exact) mass is 369 g/mol. The van der Waals surface area contributed by atoms with Crippen molar-refractivity contribution in [2.24, 2.45) is 0 Å². The molecule has 1 aromatic heterocycles. The van der Waals surface area contributed by atoms with Crippen molar-refractivity contribution in [3.8, 4) is 0 Å². The van der Waals surface area contributed by atoms with Crippen molar-refractivity contribution in [1.29, 1.82) is 0 Å². The summed E-state index contributed by atoms with van der Waals surface area (Å²) in [5.41, 5.74) is -6.28. The van der Waals surface area contributed by atoms with Gasteiger partial charge in [-0.2, -0.15) is 13.2 Å². The molecule has 1 atom stereocenters. The van der Waals surface area contributed by atoms with Gasteiger partial charge in [-0.1, -0.05) is 13.8 Å². The Morgan fingerprint density at radius 2 is 1.76 bits per heavy atom. The minimum absolute atomic E-state index is 0.108. The van der Waals surface area contributed by atoms with Crippen LogP contribution in [0.4, 0.5) is 22.0 Å². The Morgan fingerprint density at radius 1 is 1.20 bits per heavy atom. The number of esters is 1. The van der Waals surface area contributed by atoms with Crippen LogP contribution in [0.25, 0.3) is 0 Å².